The molecule has 0 aromatic heterocycles. The van der Waals surface area contributed by atoms with Gasteiger partial charge < -0.3 is 25.2 Å². The van der Waals surface area contributed by atoms with E-state index >= 15 is 0 Å². The van der Waals surface area contributed by atoms with Crippen LogP contribution >= 0.6 is 11.6 Å². The number of alkyl halides is 1. The Labute approximate surface area is 74.2 Å². The molecule has 12 heavy (non-hydrogen) atoms. The van der Waals surface area contributed by atoms with E-state index in [1.807, 2.05) is 0 Å². The molecule has 5 nitrogen and oxygen atoms in total. The van der Waals surface area contributed by atoms with Crippen LogP contribution in [0, 0.1) is 0 Å². The maximum atomic E-state index is 9.20. The molecule has 0 aromatic rings. The monoisotopic (exact) mass is 198 g/mol. The molecule has 72 valence electrons. The van der Waals surface area contributed by atoms with Crippen molar-refractivity contribution >= 4 is 11.6 Å². The molecule has 0 spiro atoms. The van der Waals surface area contributed by atoms with Gasteiger partial charge in [0, 0.05) is 0 Å². The normalized spacial score (nSPS) is 49.2. The van der Waals surface area contributed by atoms with Crippen LogP contribution in [-0.4, -0.2) is 57.0 Å². The van der Waals surface area contributed by atoms with Crippen molar-refractivity contribution in [1.29, 1.82) is 0 Å². The number of aliphatic hydroxyl groups is 4. The summed E-state index contributed by atoms with van der Waals surface area (Å²) < 4.78 is 4.69. The SMILES string of the molecule is O[C@@H]1[C@H](O)[C@@H](O)OC(CCl)[C@H]1O. The number of ether oxygens (including phenoxy) is 1. The van der Waals surface area contributed by atoms with Gasteiger partial charge in [-0.25, -0.2) is 0 Å². The maximum absolute atomic E-state index is 9.20. The highest BCUT2D eigenvalue weighted by molar-refractivity contribution is 6.18. The zero-order valence-corrected chi connectivity index (χ0v) is 6.92. The topological polar surface area (TPSA) is 90.2 Å². The first-order valence-corrected chi connectivity index (χ1v) is 4.05. The van der Waals surface area contributed by atoms with Crippen LogP contribution in [0.2, 0.25) is 0 Å². The van der Waals surface area contributed by atoms with Crippen molar-refractivity contribution in [1.82, 2.24) is 0 Å². The molecule has 1 saturated heterocycles. The lowest BCUT2D eigenvalue weighted by Crippen LogP contribution is -2.57. The van der Waals surface area contributed by atoms with E-state index in [0.29, 0.717) is 0 Å². The lowest BCUT2D eigenvalue weighted by atomic mass is 10.0. The second-order valence-electron chi connectivity index (χ2n) is 2.69. The fourth-order valence-corrected chi connectivity index (χ4v) is 1.31. The van der Waals surface area contributed by atoms with Crippen molar-refractivity contribution in [3.63, 3.8) is 0 Å². The molecule has 1 fully saturated rings. The zero-order valence-electron chi connectivity index (χ0n) is 6.17. The lowest BCUT2D eigenvalue weighted by molar-refractivity contribution is -0.276. The van der Waals surface area contributed by atoms with Crippen LogP contribution in [0.4, 0.5) is 0 Å². The van der Waals surface area contributed by atoms with Gasteiger partial charge in [0.25, 0.3) is 0 Å². The van der Waals surface area contributed by atoms with E-state index in [9.17, 15) is 5.11 Å². The van der Waals surface area contributed by atoms with Gasteiger partial charge in [0.1, 0.15) is 24.4 Å². The molecule has 1 rings (SSSR count). The second-order valence-corrected chi connectivity index (χ2v) is 3.00. The third kappa shape index (κ3) is 1.71. The standard InChI is InChI=1S/C6H11ClO5/c7-1-2-3(8)4(9)5(10)6(11)12-2/h2-6,8-11H,1H2/t2?,3-,4+,5+,6+/m1/s1. The Balaban J connectivity index is 2.63. The predicted molar refractivity (Wildman–Crippen MR) is 39.6 cm³/mol. The summed E-state index contributed by atoms with van der Waals surface area (Å²) in [6, 6.07) is 0. The molecule has 0 aliphatic carbocycles. The van der Waals surface area contributed by atoms with Gasteiger partial charge in [-0.15, -0.1) is 11.6 Å². The summed E-state index contributed by atoms with van der Waals surface area (Å²) in [5.41, 5.74) is 0. The van der Waals surface area contributed by atoms with Gasteiger partial charge in [0.2, 0.25) is 0 Å². The molecule has 4 N–H and O–H groups in total. The van der Waals surface area contributed by atoms with Gasteiger partial charge in [-0.3, -0.25) is 0 Å². The third-order valence-electron chi connectivity index (χ3n) is 1.84. The van der Waals surface area contributed by atoms with E-state index in [1.54, 1.807) is 0 Å². The van der Waals surface area contributed by atoms with Crippen molar-refractivity contribution in [2.45, 2.75) is 30.7 Å². The van der Waals surface area contributed by atoms with Crippen LogP contribution in [0.25, 0.3) is 0 Å². The Morgan fingerprint density at radius 2 is 1.58 bits per heavy atom. The van der Waals surface area contributed by atoms with Gasteiger partial charge in [-0.2, -0.15) is 0 Å². The Bertz CT molecular complexity index is 150. The van der Waals surface area contributed by atoms with E-state index in [2.05, 4.69) is 0 Å². The number of hydrogen-bond acceptors (Lipinski definition) is 5. The summed E-state index contributed by atoms with van der Waals surface area (Å²) in [5, 5.41) is 36.3. The molecule has 1 aliphatic rings. The predicted octanol–water partition coefficient (Wildman–Crippen LogP) is -1.97. The molecule has 1 unspecified atom stereocenters. The summed E-state index contributed by atoms with van der Waals surface area (Å²) in [6.45, 7) is 0. The quantitative estimate of drug-likeness (QED) is 0.367. The summed E-state index contributed by atoms with van der Waals surface area (Å²) in [6.07, 6.45) is -6.51. The van der Waals surface area contributed by atoms with Crippen LogP contribution in [0.3, 0.4) is 0 Å². The maximum Gasteiger partial charge on any atom is 0.184 e. The van der Waals surface area contributed by atoms with Crippen LogP contribution in [0.5, 0.6) is 0 Å². The Morgan fingerprint density at radius 3 is 2.08 bits per heavy atom. The second kappa shape index (κ2) is 3.87. The van der Waals surface area contributed by atoms with E-state index in [0.717, 1.165) is 0 Å². The minimum atomic E-state index is -1.49. The van der Waals surface area contributed by atoms with Crippen molar-refractivity contribution in [3.05, 3.63) is 0 Å². The number of rotatable bonds is 1. The van der Waals surface area contributed by atoms with Gasteiger partial charge in [0.05, 0.1) is 5.88 Å². The Morgan fingerprint density at radius 1 is 1.00 bits per heavy atom. The van der Waals surface area contributed by atoms with Gasteiger partial charge in [-0.05, 0) is 0 Å². The van der Waals surface area contributed by atoms with E-state index in [4.69, 9.17) is 31.7 Å². The van der Waals surface area contributed by atoms with E-state index < -0.39 is 30.7 Å². The van der Waals surface area contributed by atoms with Crippen molar-refractivity contribution in [3.8, 4) is 0 Å². The molecule has 1 aliphatic heterocycles. The first-order valence-electron chi connectivity index (χ1n) is 3.51. The molecule has 0 saturated carbocycles. The van der Waals surface area contributed by atoms with Crippen LogP contribution < -0.4 is 0 Å². The van der Waals surface area contributed by atoms with Gasteiger partial charge in [-0.1, -0.05) is 0 Å². The highest BCUT2D eigenvalue weighted by Gasteiger charge is 2.42. The highest BCUT2D eigenvalue weighted by atomic mass is 35.5. The van der Waals surface area contributed by atoms with Crippen LogP contribution in [0.15, 0.2) is 0 Å². The fraction of sp³-hybridized carbons (Fsp3) is 1.00. The minimum Gasteiger partial charge on any atom is -0.388 e. The molecule has 5 atom stereocenters. The molecule has 6 heteroatoms. The minimum absolute atomic E-state index is 0.0536. The van der Waals surface area contributed by atoms with Gasteiger partial charge >= 0.3 is 0 Å². The highest BCUT2D eigenvalue weighted by Crippen LogP contribution is 2.20. The Hall–Kier alpha value is 0.0900. The van der Waals surface area contributed by atoms with Crippen LogP contribution in [-0.2, 0) is 4.74 Å². The summed E-state index contributed by atoms with van der Waals surface area (Å²) >= 11 is 5.36. The largest absolute Gasteiger partial charge is 0.388 e. The van der Waals surface area contributed by atoms with Crippen LogP contribution in [0.1, 0.15) is 0 Å². The lowest BCUT2D eigenvalue weighted by Gasteiger charge is -2.37. The molecule has 1 heterocycles. The average molecular weight is 199 g/mol. The third-order valence-corrected chi connectivity index (χ3v) is 2.14. The molecular formula is C6H11ClO5. The molecular weight excluding hydrogens is 188 g/mol. The van der Waals surface area contributed by atoms with Crippen molar-refractivity contribution in [2.75, 3.05) is 5.88 Å². The summed E-state index contributed by atoms with van der Waals surface area (Å²) in [4.78, 5) is 0. The summed E-state index contributed by atoms with van der Waals surface area (Å²) in [5.74, 6) is -0.0536. The molecule has 0 aromatic carbocycles. The number of aliphatic hydroxyl groups excluding tert-OH is 4. The smallest absolute Gasteiger partial charge is 0.184 e. The van der Waals surface area contributed by atoms with E-state index in [-0.39, 0.29) is 5.88 Å². The number of halogens is 1. The van der Waals surface area contributed by atoms with Crippen molar-refractivity contribution in [2.24, 2.45) is 0 Å². The molecule has 0 bridgehead atoms. The first kappa shape index (κ1) is 10.2. The molecule has 0 amide bonds. The van der Waals surface area contributed by atoms with Crippen molar-refractivity contribution < 1.29 is 25.2 Å². The fourth-order valence-electron chi connectivity index (χ4n) is 1.06. The van der Waals surface area contributed by atoms with E-state index in [1.165, 1.54) is 0 Å². The van der Waals surface area contributed by atoms with Gasteiger partial charge in [0.15, 0.2) is 6.29 Å². The number of hydrogen-bond donors (Lipinski definition) is 4. The first-order chi connectivity index (χ1) is 5.57. The average Bonchev–Trinajstić information content (AvgIpc) is 2.08. The zero-order chi connectivity index (χ0) is 9.30. The summed E-state index contributed by atoms with van der Waals surface area (Å²) in [7, 11) is 0. The Kier molecular flexibility index (Phi) is 3.28. The molecule has 0 radical (unpaired) electrons.